The molecule has 1 amide bonds. The Morgan fingerprint density at radius 2 is 1.65 bits per heavy atom. The summed E-state index contributed by atoms with van der Waals surface area (Å²) < 4.78 is 0. The van der Waals surface area contributed by atoms with Gasteiger partial charge in [0, 0.05) is 18.7 Å². The second kappa shape index (κ2) is 7.93. The van der Waals surface area contributed by atoms with Crippen LogP contribution in [0.15, 0.2) is 54.6 Å². The number of amides is 1. The number of hydrogen-bond donors (Lipinski definition) is 1. The van der Waals surface area contributed by atoms with Crippen molar-refractivity contribution in [2.75, 3.05) is 13.1 Å². The molecule has 120 valence electrons. The van der Waals surface area contributed by atoms with Crippen LogP contribution in [0.25, 0.3) is 0 Å². The molecular formula is C20H24N2O. The molecule has 0 bridgehead atoms. The summed E-state index contributed by atoms with van der Waals surface area (Å²) in [6.07, 6.45) is 3.99. The number of carbonyl (C=O) groups is 1. The van der Waals surface area contributed by atoms with Crippen LogP contribution in [0.3, 0.4) is 0 Å². The average Bonchev–Trinajstić information content (AvgIpc) is 2.62. The molecule has 0 spiro atoms. The maximum atomic E-state index is 12.1. The Bertz CT molecular complexity index is 633. The lowest BCUT2D eigenvalue weighted by Crippen LogP contribution is -2.29. The van der Waals surface area contributed by atoms with Gasteiger partial charge >= 0.3 is 0 Å². The molecule has 2 aromatic rings. The van der Waals surface area contributed by atoms with Crippen molar-refractivity contribution in [1.29, 1.82) is 0 Å². The molecule has 3 nitrogen and oxygen atoms in total. The molecule has 0 atom stereocenters. The SMILES string of the molecule is O=C(NCc1cccc(CN2CCCCC2)c1)c1ccccc1. The molecule has 1 heterocycles. The lowest BCUT2D eigenvalue weighted by Gasteiger charge is -2.26. The second-order valence-electron chi connectivity index (χ2n) is 6.21. The van der Waals surface area contributed by atoms with E-state index in [0.717, 1.165) is 12.1 Å². The molecule has 1 fully saturated rings. The summed E-state index contributed by atoms with van der Waals surface area (Å²) in [5.74, 6) is -0.0213. The molecule has 2 aromatic carbocycles. The van der Waals surface area contributed by atoms with Gasteiger partial charge in [-0.05, 0) is 49.2 Å². The topological polar surface area (TPSA) is 32.3 Å². The number of piperidine rings is 1. The van der Waals surface area contributed by atoms with Crippen LogP contribution in [-0.2, 0) is 13.1 Å². The lowest BCUT2D eigenvalue weighted by molar-refractivity contribution is 0.0951. The Labute approximate surface area is 138 Å². The van der Waals surface area contributed by atoms with Crippen LogP contribution >= 0.6 is 0 Å². The molecular weight excluding hydrogens is 284 g/mol. The fourth-order valence-electron chi connectivity index (χ4n) is 3.09. The summed E-state index contributed by atoms with van der Waals surface area (Å²) >= 11 is 0. The lowest BCUT2D eigenvalue weighted by atomic mass is 10.1. The van der Waals surface area contributed by atoms with E-state index in [4.69, 9.17) is 0 Å². The number of benzene rings is 2. The number of nitrogens with zero attached hydrogens (tertiary/aromatic N) is 1. The van der Waals surface area contributed by atoms with Crippen molar-refractivity contribution in [3.8, 4) is 0 Å². The molecule has 3 heteroatoms. The number of likely N-dealkylation sites (tertiary alicyclic amines) is 1. The van der Waals surface area contributed by atoms with Crippen LogP contribution < -0.4 is 5.32 Å². The van der Waals surface area contributed by atoms with Crippen molar-refractivity contribution in [3.63, 3.8) is 0 Å². The molecule has 0 saturated carbocycles. The van der Waals surface area contributed by atoms with Crippen molar-refractivity contribution in [2.24, 2.45) is 0 Å². The highest BCUT2D eigenvalue weighted by Crippen LogP contribution is 2.14. The van der Waals surface area contributed by atoms with Gasteiger partial charge in [-0.2, -0.15) is 0 Å². The maximum absolute atomic E-state index is 12.1. The van der Waals surface area contributed by atoms with Gasteiger partial charge < -0.3 is 5.32 Å². The molecule has 0 unspecified atom stereocenters. The Balaban J connectivity index is 1.56. The van der Waals surface area contributed by atoms with Gasteiger partial charge in [-0.15, -0.1) is 0 Å². The first kappa shape index (κ1) is 15.8. The Hall–Kier alpha value is -2.13. The van der Waals surface area contributed by atoms with Crippen LogP contribution in [0.2, 0.25) is 0 Å². The first-order valence-electron chi connectivity index (χ1n) is 8.45. The first-order chi connectivity index (χ1) is 11.3. The zero-order chi connectivity index (χ0) is 15.9. The minimum Gasteiger partial charge on any atom is -0.348 e. The molecule has 3 rings (SSSR count). The van der Waals surface area contributed by atoms with Gasteiger partial charge in [-0.3, -0.25) is 9.69 Å². The van der Waals surface area contributed by atoms with Crippen LogP contribution in [0, 0.1) is 0 Å². The summed E-state index contributed by atoms with van der Waals surface area (Å²) in [7, 11) is 0. The van der Waals surface area contributed by atoms with Gasteiger partial charge in [0.2, 0.25) is 0 Å². The fourth-order valence-corrected chi connectivity index (χ4v) is 3.09. The minimum atomic E-state index is -0.0213. The van der Waals surface area contributed by atoms with Crippen LogP contribution in [0.4, 0.5) is 0 Å². The van der Waals surface area contributed by atoms with E-state index in [1.54, 1.807) is 0 Å². The predicted octanol–water partition coefficient (Wildman–Crippen LogP) is 3.60. The third-order valence-electron chi connectivity index (χ3n) is 4.34. The summed E-state index contributed by atoms with van der Waals surface area (Å²) in [5, 5.41) is 2.99. The minimum absolute atomic E-state index is 0.0213. The van der Waals surface area contributed by atoms with E-state index in [0.29, 0.717) is 12.1 Å². The molecule has 1 saturated heterocycles. The second-order valence-corrected chi connectivity index (χ2v) is 6.21. The molecule has 1 aliphatic rings. The standard InChI is InChI=1S/C20H24N2O/c23-20(19-10-3-1-4-11-19)21-15-17-8-7-9-18(14-17)16-22-12-5-2-6-13-22/h1,3-4,7-11,14H,2,5-6,12-13,15-16H2,(H,21,23). The third kappa shape index (κ3) is 4.67. The van der Waals surface area contributed by atoms with Crippen molar-refractivity contribution in [1.82, 2.24) is 10.2 Å². The van der Waals surface area contributed by atoms with Crippen molar-refractivity contribution in [3.05, 3.63) is 71.3 Å². The number of rotatable bonds is 5. The number of hydrogen-bond acceptors (Lipinski definition) is 2. The first-order valence-corrected chi connectivity index (χ1v) is 8.45. The van der Waals surface area contributed by atoms with E-state index in [-0.39, 0.29) is 5.91 Å². The Kier molecular flexibility index (Phi) is 5.43. The highest BCUT2D eigenvalue weighted by Gasteiger charge is 2.10. The van der Waals surface area contributed by atoms with Crippen molar-refractivity contribution >= 4 is 5.91 Å². The van der Waals surface area contributed by atoms with Gasteiger partial charge in [0.1, 0.15) is 0 Å². The third-order valence-corrected chi connectivity index (χ3v) is 4.34. The molecule has 0 aliphatic carbocycles. The smallest absolute Gasteiger partial charge is 0.251 e. The van der Waals surface area contributed by atoms with Gasteiger partial charge in [0.15, 0.2) is 0 Å². The van der Waals surface area contributed by atoms with Crippen LogP contribution in [0.5, 0.6) is 0 Å². The molecule has 0 aromatic heterocycles. The summed E-state index contributed by atoms with van der Waals surface area (Å²) in [6, 6.07) is 17.9. The highest BCUT2D eigenvalue weighted by molar-refractivity contribution is 5.94. The molecule has 1 N–H and O–H groups in total. The summed E-state index contributed by atoms with van der Waals surface area (Å²) in [5.41, 5.74) is 3.19. The van der Waals surface area contributed by atoms with E-state index in [1.165, 1.54) is 37.9 Å². The van der Waals surface area contributed by atoms with Crippen LogP contribution in [-0.4, -0.2) is 23.9 Å². The Morgan fingerprint density at radius 1 is 0.913 bits per heavy atom. The predicted molar refractivity (Wildman–Crippen MR) is 93.2 cm³/mol. The van der Waals surface area contributed by atoms with Crippen molar-refractivity contribution < 1.29 is 4.79 Å². The summed E-state index contributed by atoms with van der Waals surface area (Å²) in [6.45, 7) is 3.99. The number of nitrogens with one attached hydrogen (secondary N) is 1. The van der Waals surface area contributed by atoms with Crippen LogP contribution in [0.1, 0.15) is 40.7 Å². The monoisotopic (exact) mass is 308 g/mol. The zero-order valence-corrected chi connectivity index (χ0v) is 13.5. The van der Waals surface area contributed by atoms with E-state index < -0.39 is 0 Å². The van der Waals surface area contributed by atoms with E-state index >= 15 is 0 Å². The van der Waals surface area contributed by atoms with E-state index in [2.05, 4.69) is 34.5 Å². The summed E-state index contributed by atoms with van der Waals surface area (Å²) in [4.78, 5) is 14.6. The van der Waals surface area contributed by atoms with Gasteiger partial charge in [0.05, 0.1) is 0 Å². The largest absolute Gasteiger partial charge is 0.348 e. The zero-order valence-electron chi connectivity index (χ0n) is 13.5. The molecule has 1 aliphatic heterocycles. The fraction of sp³-hybridized carbons (Fsp3) is 0.350. The normalized spacial score (nSPS) is 15.3. The van der Waals surface area contributed by atoms with Crippen molar-refractivity contribution in [2.45, 2.75) is 32.4 Å². The highest BCUT2D eigenvalue weighted by atomic mass is 16.1. The Morgan fingerprint density at radius 3 is 2.43 bits per heavy atom. The quantitative estimate of drug-likeness (QED) is 0.915. The van der Waals surface area contributed by atoms with Gasteiger partial charge in [0.25, 0.3) is 5.91 Å². The average molecular weight is 308 g/mol. The van der Waals surface area contributed by atoms with Gasteiger partial charge in [-0.1, -0.05) is 48.9 Å². The maximum Gasteiger partial charge on any atom is 0.251 e. The molecule has 0 radical (unpaired) electrons. The van der Waals surface area contributed by atoms with E-state index in [1.807, 2.05) is 30.3 Å². The van der Waals surface area contributed by atoms with Gasteiger partial charge in [-0.25, -0.2) is 0 Å². The number of carbonyl (C=O) groups excluding carboxylic acids is 1. The molecule has 23 heavy (non-hydrogen) atoms. The van der Waals surface area contributed by atoms with E-state index in [9.17, 15) is 4.79 Å².